The zero-order chi connectivity index (χ0) is 17.3. The van der Waals surface area contributed by atoms with Crippen LogP contribution in [-0.4, -0.2) is 47.5 Å². The quantitative estimate of drug-likeness (QED) is 0.782. The van der Waals surface area contributed by atoms with Crippen molar-refractivity contribution in [1.29, 1.82) is 0 Å². The molecule has 1 aliphatic heterocycles. The largest absolute Gasteiger partial charge is 0.303 e. The van der Waals surface area contributed by atoms with E-state index >= 15 is 0 Å². The zero-order valence-electron chi connectivity index (χ0n) is 14.8. The minimum Gasteiger partial charge on any atom is -0.303 e. The number of benzene rings is 1. The third-order valence-corrected chi connectivity index (χ3v) is 6.82. The van der Waals surface area contributed by atoms with E-state index < -0.39 is 0 Å². The summed E-state index contributed by atoms with van der Waals surface area (Å²) in [5.41, 5.74) is 1.37. The lowest BCUT2D eigenvalue weighted by molar-refractivity contribution is 0.146. The minimum atomic E-state index is -0.0675. The monoisotopic (exact) mass is 359 g/mol. The molecular weight excluding hydrogens is 333 g/mol. The summed E-state index contributed by atoms with van der Waals surface area (Å²) in [7, 11) is 2.24. The van der Waals surface area contributed by atoms with Crippen molar-refractivity contribution in [1.82, 2.24) is 14.8 Å². The summed E-state index contributed by atoms with van der Waals surface area (Å²) < 4.78 is 13.7. The van der Waals surface area contributed by atoms with Gasteiger partial charge in [-0.2, -0.15) is 0 Å². The van der Waals surface area contributed by atoms with E-state index in [1.807, 2.05) is 18.3 Å². The van der Waals surface area contributed by atoms with Crippen LogP contribution in [0, 0.1) is 11.2 Å². The minimum absolute atomic E-state index is 0.0675. The molecule has 1 unspecified atom stereocenters. The Morgan fingerprint density at radius 3 is 2.84 bits per heavy atom. The first kappa shape index (κ1) is 17.1. The molecule has 134 valence electrons. The van der Waals surface area contributed by atoms with Crippen LogP contribution in [-0.2, 0) is 13.0 Å². The first-order valence-corrected chi connectivity index (χ1v) is 10.1. The van der Waals surface area contributed by atoms with Crippen molar-refractivity contribution in [2.24, 2.45) is 5.41 Å². The summed E-state index contributed by atoms with van der Waals surface area (Å²) in [5.74, 6) is -0.0675. The Bertz CT molecular complexity index is 695. The predicted octanol–water partition coefficient (Wildman–Crippen LogP) is 3.81. The van der Waals surface area contributed by atoms with Crippen LogP contribution in [0.15, 0.2) is 35.8 Å². The van der Waals surface area contributed by atoms with Crippen LogP contribution >= 0.6 is 11.3 Å². The highest BCUT2D eigenvalue weighted by Gasteiger charge is 2.56. The molecule has 1 aromatic heterocycles. The molecule has 3 nitrogen and oxygen atoms in total. The van der Waals surface area contributed by atoms with Gasteiger partial charge in [0.2, 0.25) is 0 Å². The summed E-state index contributed by atoms with van der Waals surface area (Å²) in [6.45, 7) is 4.24. The Kier molecular flexibility index (Phi) is 4.89. The van der Waals surface area contributed by atoms with Crippen LogP contribution in [0.1, 0.15) is 29.8 Å². The van der Waals surface area contributed by atoms with E-state index in [-0.39, 0.29) is 5.82 Å². The third-order valence-electron chi connectivity index (χ3n) is 6.05. The highest BCUT2D eigenvalue weighted by Crippen LogP contribution is 2.56. The van der Waals surface area contributed by atoms with Gasteiger partial charge in [-0.3, -0.25) is 4.90 Å². The molecular formula is C20H26FN3S. The smallest absolute Gasteiger partial charge is 0.126 e. The summed E-state index contributed by atoms with van der Waals surface area (Å²) in [6.07, 6.45) is 6.59. The Morgan fingerprint density at radius 2 is 2.12 bits per heavy atom. The summed E-state index contributed by atoms with van der Waals surface area (Å²) in [6, 6.07) is 7.87. The van der Waals surface area contributed by atoms with Crippen LogP contribution in [0.5, 0.6) is 0 Å². The van der Waals surface area contributed by atoms with E-state index in [4.69, 9.17) is 0 Å². The number of thiazole rings is 1. The SMILES string of the molecule is CN(Cc1nccs1)C1CC12CCN(CCc1ccccc1F)CC2. The van der Waals surface area contributed by atoms with Crippen molar-refractivity contribution in [3.05, 3.63) is 52.2 Å². The molecule has 1 saturated heterocycles. The summed E-state index contributed by atoms with van der Waals surface area (Å²) in [5, 5.41) is 3.27. The van der Waals surface area contributed by atoms with Gasteiger partial charge in [0, 0.05) is 24.2 Å². The number of halogens is 1. The van der Waals surface area contributed by atoms with Crippen LogP contribution < -0.4 is 0 Å². The first-order valence-electron chi connectivity index (χ1n) is 9.21. The van der Waals surface area contributed by atoms with Crippen LogP contribution in [0.3, 0.4) is 0 Å². The van der Waals surface area contributed by atoms with Crippen molar-refractivity contribution in [3.63, 3.8) is 0 Å². The summed E-state index contributed by atoms with van der Waals surface area (Å²) >= 11 is 1.75. The average Bonchev–Trinajstić information content (AvgIpc) is 3.07. The molecule has 1 atom stereocenters. The van der Waals surface area contributed by atoms with E-state index in [1.54, 1.807) is 23.5 Å². The van der Waals surface area contributed by atoms with Crippen LogP contribution in [0.4, 0.5) is 4.39 Å². The molecule has 0 bridgehead atoms. The number of aromatic nitrogens is 1. The zero-order valence-corrected chi connectivity index (χ0v) is 15.6. The fraction of sp³-hybridized carbons (Fsp3) is 0.550. The molecule has 4 rings (SSSR count). The number of hydrogen-bond acceptors (Lipinski definition) is 4. The van der Waals surface area contributed by atoms with Crippen LogP contribution in [0.25, 0.3) is 0 Å². The molecule has 2 aromatic rings. The van der Waals surface area contributed by atoms with Crippen molar-refractivity contribution in [2.45, 2.75) is 38.3 Å². The molecule has 1 spiro atoms. The highest BCUT2D eigenvalue weighted by molar-refractivity contribution is 7.09. The standard InChI is InChI=1S/C20H26FN3S/c1-23(15-19-22-9-13-25-19)18-14-20(18)7-11-24(12-8-20)10-6-16-4-2-3-5-17(16)21/h2-5,9,13,18H,6-8,10-12,14-15H2,1H3. The summed E-state index contributed by atoms with van der Waals surface area (Å²) in [4.78, 5) is 9.41. The molecule has 2 heterocycles. The second-order valence-corrected chi connectivity index (χ2v) is 8.59. The number of piperidine rings is 1. The third kappa shape index (κ3) is 3.78. The van der Waals surface area contributed by atoms with Gasteiger partial charge >= 0.3 is 0 Å². The number of rotatable bonds is 6. The fourth-order valence-corrected chi connectivity index (χ4v) is 5.02. The maximum atomic E-state index is 13.7. The topological polar surface area (TPSA) is 19.4 Å². The maximum absolute atomic E-state index is 13.7. The van der Waals surface area contributed by atoms with Crippen molar-refractivity contribution < 1.29 is 4.39 Å². The predicted molar refractivity (Wildman–Crippen MR) is 100 cm³/mol. The normalized spacial score (nSPS) is 22.6. The van der Waals surface area contributed by atoms with Gasteiger partial charge in [-0.1, -0.05) is 18.2 Å². The molecule has 2 aliphatic rings. The van der Waals surface area contributed by atoms with Crippen molar-refractivity contribution in [2.75, 3.05) is 26.7 Å². The molecule has 0 N–H and O–H groups in total. The van der Waals surface area contributed by atoms with Crippen molar-refractivity contribution in [3.8, 4) is 0 Å². The van der Waals surface area contributed by atoms with Gasteiger partial charge in [0.1, 0.15) is 10.8 Å². The lowest BCUT2D eigenvalue weighted by Crippen LogP contribution is -2.38. The van der Waals surface area contributed by atoms with E-state index in [0.29, 0.717) is 11.5 Å². The molecule has 25 heavy (non-hydrogen) atoms. The van der Waals surface area contributed by atoms with Gasteiger partial charge < -0.3 is 4.90 Å². The van der Waals surface area contributed by atoms with Gasteiger partial charge in [-0.05, 0) is 62.9 Å². The van der Waals surface area contributed by atoms with Gasteiger partial charge in [-0.15, -0.1) is 11.3 Å². The Hall–Kier alpha value is -1.30. The van der Waals surface area contributed by atoms with Gasteiger partial charge in [0.05, 0.1) is 6.54 Å². The number of hydrogen-bond donors (Lipinski definition) is 0. The average molecular weight is 360 g/mol. The fourth-order valence-electron chi connectivity index (χ4n) is 4.34. The molecule has 5 heteroatoms. The van der Waals surface area contributed by atoms with E-state index in [1.165, 1.54) is 24.3 Å². The Labute approximate surface area is 153 Å². The van der Waals surface area contributed by atoms with E-state index in [9.17, 15) is 4.39 Å². The highest BCUT2D eigenvalue weighted by atomic mass is 32.1. The van der Waals surface area contributed by atoms with Gasteiger partial charge in [-0.25, -0.2) is 9.37 Å². The lowest BCUT2D eigenvalue weighted by atomic mass is 9.92. The second kappa shape index (κ2) is 7.14. The molecule has 0 radical (unpaired) electrons. The Balaban J connectivity index is 1.24. The lowest BCUT2D eigenvalue weighted by Gasteiger charge is -2.34. The Morgan fingerprint density at radius 1 is 1.32 bits per heavy atom. The number of likely N-dealkylation sites (tertiary alicyclic amines) is 1. The molecule has 0 amide bonds. The number of nitrogens with zero attached hydrogens (tertiary/aromatic N) is 3. The maximum Gasteiger partial charge on any atom is 0.126 e. The van der Waals surface area contributed by atoms with Crippen LogP contribution in [0.2, 0.25) is 0 Å². The molecule has 1 saturated carbocycles. The molecule has 2 fully saturated rings. The van der Waals surface area contributed by atoms with Gasteiger partial charge in [0.25, 0.3) is 0 Å². The van der Waals surface area contributed by atoms with Gasteiger partial charge in [0.15, 0.2) is 0 Å². The first-order chi connectivity index (χ1) is 12.2. The van der Waals surface area contributed by atoms with E-state index in [0.717, 1.165) is 38.2 Å². The van der Waals surface area contributed by atoms with E-state index in [2.05, 4.69) is 27.2 Å². The second-order valence-electron chi connectivity index (χ2n) is 7.61. The van der Waals surface area contributed by atoms with Crippen molar-refractivity contribution >= 4 is 11.3 Å². The molecule has 1 aromatic carbocycles. The molecule has 1 aliphatic carbocycles.